The highest BCUT2D eigenvalue weighted by Gasteiger charge is 2.17. The largest absolute Gasteiger partial charge is 0.497 e. The van der Waals surface area contributed by atoms with Crippen molar-refractivity contribution in [2.75, 3.05) is 14.2 Å². The minimum Gasteiger partial charge on any atom is -0.497 e. The number of carbonyl (C=O) groups excluding carboxylic acids is 1. The van der Waals surface area contributed by atoms with E-state index in [1.54, 1.807) is 25.3 Å². The normalized spacial score (nSPS) is 11.8. The van der Waals surface area contributed by atoms with E-state index in [1.807, 2.05) is 26.0 Å². The van der Waals surface area contributed by atoms with Gasteiger partial charge in [0.2, 0.25) is 0 Å². The maximum absolute atomic E-state index is 12.3. The van der Waals surface area contributed by atoms with Crippen molar-refractivity contribution in [3.05, 3.63) is 47.4 Å². The summed E-state index contributed by atoms with van der Waals surface area (Å²) >= 11 is 0. The molecule has 1 heterocycles. The molecule has 1 amide bonds. The van der Waals surface area contributed by atoms with E-state index in [0.29, 0.717) is 22.8 Å². The summed E-state index contributed by atoms with van der Waals surface area (Å²) in [5, 5.41) is 2.88. The van der Waals surface area contributed by atoms with Crippen molar-refractivity contribution in [2.45, 2.75) is 19.9 Å². The minimum atomic E-state index is -0.226. The first-order chi connectivity index (χ1) is 10.0. The van der Waals surface area contributed by atoms with E-state index < -0.39 is 0 Å². The van der Waals surface area contributed by atoms with Gasteiger partial charge in [-0.1, -0.05) is 0 Å². The van der Waals surface area contributed by atoms with Gasteiger partial charge >= 0.3 is 0 Å². The summed E-state index contributed by atoms with van der Waals surface area (Å²) in [6.07, 6.45) is 0. The van der Waals surface area contributed by atoms with Crippen molar-refractivity contribution >= 4 is 5.91 Å². The fourth-order valence-corrected chi connectivity index (χ4v) is 2.02. The van der Waals surface area contributed by atoms with Crippen molar-refractivity contribution in [3.8, 4) is 11.5 Å². The average molecular weight is 289 g/mol. The number of methoxy groups -OCH3 is 2. The summed E-state index contributed by atoms with van der Waals surface area (Å²) in [7, 11) is 3.08. The SMILES string of the molecule is COc1ccc(C(=O)NC(C)c2ccc(C)o2)c(OC)c1. The molecule has 1 aromatic heterocycles. The standard InChI is InChI=1S/C16H19NO4/c1-10-5-8-14(21-10)11(2)17-16(18)13-7-6-12(19-3)9-15(13)20-4/h5-9,11H,1-4H3,(H,17,18). The molecule has 0 spiro atoms. The van der Waals surface area contributed by atoms with Crippen LogP contribution in [-0.2, 0) is 0 Å². The van der Waals surface area contributed by atoms with Crippen LogP contribution in [-0.4, -0.2) is 20.1 Å². The Labute approximate surface area is 123 Å². The Bertz CT molecular complexity index is 633. The van der Waals surface area contributed by atoms with Gasteiger partial charge in [-0.05, 0) is 38.1 Å². The molecule has 112 valence electrons. The second kappa shape index (κ2) is 6.35. The molecular weight excluding hydrogens is 270 g/mol. The molecule has 0 saturated carbocycles. The number of aryl methyl sites for hydroxylation is 1. The molecule has 5 nitrogen and oxygen atoms in total. The fraction of sp³-hybridized carbons (Fsp3) is 0.312. The number of nitrogens with one attached hydrogen (secondary N) is 1. The zero-order valence-corrected chi connectivity index (χ0v) is 12.6. The molecule has 0 radical (unpaired) electrons. The van der Waals surface area contributed by atoms with Gasteiger partial charge in [0.05, 0.1) is 25.8 Å². The number of rotatable bonds is 5. The fourth-order valence-electron chi connectivity index (χ4n) is 2.02. The number of carbonyl (C=O) groups is 1. The third kappa shape index (κ3) is 3.37. The number of benzene rings is 1. The van der Waals surface area contributed by atoms with E-state index in [4.69, 9.17) is 13.9 Å². The summed E-state index contributed by atoms with van der Waals surface area (Å²) < 4.78 is 15.9. The number of furan rings is 1. The van der Waals surface area contributed by atoms with E-state index in [1.165, 1.54) is 7.11 Å². The lowest BCUT2D eigenvalue weighted by atomic mass is 10.1. The quantitative estimate of drug-likeness (QED) is 0.918. The Hall–Kier alpha value is -2.43. The Kier molecular flexibility index (Phi) is 4.52. The van der Waals surface area contributed by atoms with Gasteiger partial charge < -0.3 is 19.2 Å². The molecule has 2 aromatic rings. The first kappa shape index (κ1) is 15.0. The monoisotopic (exact) mass is 289 g/mol. The molecule has 1 unspecified atom stereocenters. The Morgan fingerprint density at radius 2 is 1.95 bits per heavy atom. The molecule has 0 aliphatic rings. The van der Waals surface area contributed by atoms with E-state index in [9.17, 15) is 4.79 Å². The summed E-state index contributed by atoms with van der Waals surface area (Å²) in [6, 6.07) is 8.57. The number of hydrogen-bond donors (Lipinski definition) is 1. The van der Waals surface area contributed by atoms with E-state index in [0.717, 1.165) is 5.76 Å². The molecule has 0 aliphatic carbocycles. The Balaban J connectivity index is 2.16. The third-order valence-electron chi connectivity index (χ3n) is 3.19. The first-order valence-electron chi connectivity index (χ1n) is 6.64. The summed E-state index contributed by atoms with van der Waals surface area (Å²) in [4.78, 5) is 12.3. The van der Waals surface area contributed by atoms with Crippen LogP contribution in [0.4, 0.5) is 0 Å². The van der Waals surface area contributed by atoms with E-state index in [-0.39, 0.29) is 11.9 Å². The molecular formula is C16H19NO4. The van der Waals surface area contributed by atoms with Crippen LogP contribution in [0.15, 0.2) is 34.7 Å². The van der Waals surface area contributed by atoms with Gasteiger partial charge in [-0.3, -0.25) is 4.79 Å². The molecule has 0 fully saturated rings. The van der Waals surface area contributed by atoms with E-state index in [2.05, 4.69) is 5.32 Å². The van der Waals surface area contributed by atoms with Crippen LogP contribution in [0, 0.1) is 6.92 Å². The van der Waals surface area contributed by atoms with E-state index >= 15 is 0 Å². The Morgan fingerprint density at radius 3 is 2.52 bits per heavy atom. The van der Waals surface area contributed by atoms with Crippen LogP contribution < -0.4 is 14.8 Å². The first-order valence-corrected chi connectivity index (χ1v) is 6.64. The van der Waals surface area contributed by atoms with Gasteiger partial charge in [0.15, 0.2) is 0 Å². The summed E-state index contributed by atoms with van der Waals surface area (Å²) in [6.45, 7) is 3.73. The topological polar surface area (TPSA) is 60.7 Å². The predicted octanol–water partition coefficient (Wildman–Crippen LogP) is 3.10. The molecule has 0 saturated heterocycles. The highest BCUT2D eigenvalue weighted by atomic mass is 16.5. The van der Waals surface area contributed by atoms with Gasteiger partial charge in [0.25, 0.3) is 5.91 Å². The average Bonchev–Trinajstić information content (AvgIpc) is 2.93. The van der Waals surface area contributed by atoms with Crippen LogP contribution in [0.1, 0.15) is 34.8 Å². The lowest BCUT2D eigenvalue weighted by molar-refractivity contribution is 0.0932. The van der Waals surface area contributed by atoms with Crippen LogP contribution >= 0.6 is 0 Å². The zero-order chi connectivity index (χ0) is 15.4. The molecule has 1 atom stereocenters. The molecule has 1 aromatic carbocycles. The lowest BCUT2D eigenvalue weighted by Crippen LogP contribution is -2.26. The highest BCUT2D eigenvalue weighted by Crippen LogP contribution is 2.25. The second-order valence-electron chi connectivity index (χ2n) is 4.71. The van der Waals surface area contributed by atoms with Crippen LogP contribution in [0.5, 0.6) is 11.5 Å². The Morgan fingerprint density at radius 1 is 1.19 bits per heavy atom. The van der Waals surface area contributed by atoms with Gasteiger partial charge in [-0.15, -0.1) is 0 Å². The van der Waals surface area contributed by atoms with Gasteiger partial charge in [0, 0.05) is 6.07 Å². The van der Waals surface area contributed by atoms with Gasteiger partial charge in [-0.25, -0.2) is 0 Å². The minimum absolute atomic E-state index is 0.224. The van der Waals surface area contributed by atoms with Gasteiger partial charge in [0.1, 0.15) is 23.0 Å². The van der Waals surface area contributed by atoms with Gasteiger partial charge in [-0.2, -0.15) is 0 Å². The third-order valence-corrected chi connectivity index (χ3v) is 3.19. The lowest BCUT2D eigenvalue weighted by Gasteiger charge is -2.14. The molecule has 5 heteroatoms. The van der Waals surface area contributed by atoms with Crippen LogP contribution in [0.25, 0.3) is 0 Å². The zero-order valence-electron chi connectivity index (χ0n) is 12.6. The van der Waals surface area contributed by atoms with Crippen LogP contribution in [0.2, 0.25) is 0 Å². The number of amides is 1. The van der Waals surface area contributed by atoms with Crippen molar-refractivity contribution in [3.63, 3.8) is 0 Å². The number of ether oxygens (including phenoxy) is 2. The molecule has 1 N–H and O–H groups in total. The molecule has 21 heavy (non-hydrogen) atoms. The van der Waals surface area contributed by atoms with Crippen LogP contribution in [0.3, 0.4) is 0 Å². The molecule has 0 bridgehead atoms. The maximum Gasteiger partial charge on any atom is 0.255 e. The number of hydrogen-bond acceptors (Lipinski definition) is 4. The smallest absolute Gasteiger partial charge is 0.255 e. The molecule has 2 rings (SSSR count). The van der Waals surface area contributed by atoms with Crippen molar-refractivity contribution in [1.82, 2.24) is 5.32 Å². The van der Waals surface area contributed by atoms with Crippen molar-refractivity contribution < 1.29 is 18.7 Å². The summed E-state index contributed by atoms with van der Waals surface area (Å²) in [5.74, 6) is 2.41. The molecule has 0 aliphatic heterocycles. The predicted molar refractivity (Wildman–Crippen MR) is 78.9 cm³/mol. The maximum atomic E-state index is 12.3. The van der Waals surface area contributed by atoms with Crippen molar-refractivity contribution in [1.29, 1.82) is 0 Å². The second-order valence-corrected chi connectivity index (χ2v) is 4.71. The highest BCUT2D eigenvalue weighted by molar-refractivity contribution is 5.97. The van der Waals surface area contributed by atoms with Crippen molar-refractivity contribution in [2.24, 2.45) is 0 Å². The summed E-state index contributed by atoms with van der Waals surface area (Å²) in [5.41, 5.74) is 0.452.